The summed E-state index contributed by atoms with van der Waals surface area (Å²) in [6.45, 7) is 5.23. The molecule has 0 aliphatic carbocycles. The minimum atomic E-state index is -1.12. The molecule has 15 nitrogen and oxygen atoms in total. The summed E-state index contributed by atoms with van der Waals surface area (Å²) in [7, 11) is 4.92. The van der Waals surface area contributed by atoms with Crippen molar-refractivity contribution in [2.24, 2.45) is 7.05 Å². The van der Waals surface area contributed by atoms with Crippen LogP contribution < -0.4 is 25.7 Å². The molecule has 4 aromatic rings. The topological polar surface area (TPSA) is 173 Å². The lowest BCUT2D eigenvalue weighted by Crippen LogP contribution is -2.55. The van der Waals surface area contributed by atoms with Crippen molar-refractivity contribution in [2.75, 3.05) is 52.3 Å². The molecule has 2 atom stereocenters. The van der Waals surface area contributed by atoms with E-state index in [0.29, 0.717) is 73.1 Å². The average Bonchev–Trinajstić information content (AvgIpc) is 3.80. The monoisotopic (exact) mass is 836 g/mol. The number of nitrogens with zero attached hydrogens (tertiary/aromatic N) is 4. The molecule has 2 fully saturated rings. The molecule has 0 bridgehead atoms. The van der Waals surface area contributed by atoms with Crippen LogP contribution >= 0.6 is 0 Å². The Morgan fingerprint density at radius 2 is 1.61 bits per heavy atom. The first kappa shape index (κ1) is 43.1. The Kier molecular flexibility index (Phi) is 13.6. The summed E-state index contributed by atoms with van der Waals surface area (Å²) in [5.74, 6) is 0.297. The van der Waals surface area contributed by atoms with Crippen LogP contribution in [0.15, 0.2) is 57.9 Å². The maximum atomic E-state index is 13.3. The van der Waals surface area contributed by atoms with Crippen molar-refractivity contribution in [1.82, 2.24) is 24.6 Å². The predicted octanol–water partition coefficient (Wildman–Crippen LogP) is 5.53. The average molecular weight is 837 g/mol. The molecule has 0 radical (unpaired) electrons. The van der Waals surface area contributed by atoms with Crippen LogP contribution in [0.5, 0.6) is 11.5 Å². The standard InChI is InChI=1S/C46H56N6O9/c1-29-26-51(21-20-50(29)27-32-24-34-42(61-32)35(28-49(2)44(34)56)30-17-18-38(59-3)39(22-30)60-4)40(54)16-11-9-7-5-6-8-10-12-19-47-36-15-13-14-33-41(36)46(58)52(45(33)57)37-23-31(53)25-48-43(37)55/h13-15,17-18,22,24,28-29,37,47H,5-12,16,19-21,23,25-27H2,1-4H3,(H,48,55)/t29-,37?/m1/s1. The van der Waals surface area contributed by atoms with Crippen LogP contribution in [0.2, 0.25) is 0 Å². The van der Waals surface area contributed by atoms with Crippen LogP contribution in [0.3, 0.4) is 0 Å². The van der Waals surface area contributed by atoms with Crippen LogP contribution in [0.4, 0.5) is 5.69 Å². The summed E-state index contributed by atoms with van der Waals surface area (Å²) in [5, 5.41) is 6.30. The molecule has 0 spiro atoms. The number of ether oxygens (including phenoxy) is 2. The molecule has 61 heavy (non-hydrogen) atoms. The number of carbonyl (C=O) groups is 5. The number of hydrogen-bond acceptors (Lipinski definition) is 11. The Bertz CT molecular complexity index is 2370. The van der Waals surface area contributed by atoms with Crippen molar-refractivity contribution in [2.45, 2.75) is 89.8 Å². The summed E-state index contributed by atoms with van der Waals surface area (Å²) < 4.78 is 18.9. The zero-order valence-electron chi connectivity index (χ0n) is 35.6. The van der Waals surface area contributed by atoms with Crippen LogP contribution in [0.25, 0.3) is 22.1 Å². The van der Waals surface area contributed by atoms with E-state index in [9.17, 15) is 28.8 Å². The van der Waals surface area contributed by atoms with E-state index in [-0.39, 0.29) is 47.4 Å². The van der Waals surface area contributed by atoms with Crippen molar-refractivity contribution in [3.63, 3.8) is 0 Å². The second-order valence-corrected chi connectivity index (χ2v) is 16.3. The van der Waals surface area contributed by atoms with E-state index in [2.05, 4.69) is 22.5 Å². The normalized spacial score (nSPS) is 18.2. The molecule has 3 aliphatic heterocycles. The number of ketones is 1. The van der Waals surface area contributed by atoms with Crippen LogP contribution in [0.1, 0.15) is 97.6 Å². The number of imide groups is 1. The maximum Gasteiger partial charge on any atom is 0.264 e. The molecule has 4 amide bonds. The van der Waals surface area contributed by atoms with Gasteiger partial charge in [-0.15, -0.1) is 0 Å². The van der Waals surface area contributed by atoms with Crippen molar-refractivity contribution in [1.29, 1.82) is 0 Å². The summed E-state index contributed by atoms with van der Waals surface area (Å²) in [4.78, 5) is 82.2. The molecule has 3 aliphatic rings. The Balaban J connectivity index is 0.787. The summed E-state index contributed by atoms with van der Waals surface area (Å²) in [5.41, 5.74) is 3.10. The largest absolute Gasteiger partial charge is 0.493 e. The lowest BCUT2D eigenvalue weighted by molar-refractivity contribution is -0.134. The number of carbonyl (C=O) groups excluding carboxylic acids is 5. The number of rotatable bonds is 18. The highest BCUT2D eigenvalue weighted by Crippen LogP contribution is 2.36. The molecule has 7 rings (SSSR count). The number of fused-ring (bicyclic) bond motifs is 2. The first-order chi connectivity index (χ1) is 29.5. The first-order valence-electron chi connectivity index (χ1n) is 21.4. The lowest BCUT2D eigenvalue weighted by atomic mass is 10.0. The smallest absolute Gasteiger partial charge is 0.264 e. The van der Waals surface area contributed by atoms with Gasteiger partial charge in [-0.05, 0) is 55.7 Å². The second-order valence-electron chi connectivity index (χ2n) is 16.3. The van der Waals surface area contributed by atoms with Gasteiger partial charge >= 0.3 is 0 Å². The molecule has 2 saturated heterocycles. The number of amides is 4. The highest BCUT2D eigenvalue weighted by Gasteiger charge is 2.46. The van der Waals surface area contributed by atoms with Crippen molar-refractivity contribution < 1.29 is 37.9 Å². The molecule has 2 aromatic heterocycles. The van der Waals surface area contributed by atoms with E-state index < -0.39 is 23.8 Å². The third-order valence-electron chi connectivity index (χ3n) is 12.1. The van der Waals surface area contributed by atoms with Gasteiger partial charge in [-0.1, -0.05) is 50.7 Å². The summed E-state index contributed by atoms with van der Waals surface area (Å²) in [6, 6.07) is 11.5. The number of furan rings is 1. The zero-order valence-corrected chi connectivity index (χ0v) is 35.6. The number of hydrogen-bond donors (Lipinski definition) is 2. The number of benzene rings is 2. The number of aryl methyl sites for hydroxylation is 1. The van der Waals surface area contributed by atoms with Gasteiger partial charge in [0.2, 0.25) is 11.8 Å². The number of nitrogens with one attached hydrogen (secondary N) is 2. The number of anilines is 1. The summed E-state index contributed by atoms with van der Waals surface area (Å²) >= 11 is 0. The van der Waals surface area contributed by atoms with Gasteiger partial charge < -0.3 is 34.0 Å². The predicted molar refractivity (Wildman–Crippen MR) is 230 cm³/mol. The van der Waals surface area contributed by atoms with Gasteiger partial charge in [0.1, 0.15) is 17.4 Å². The number of aromatic nitrogens is 1. The number of piperidine rings is 1. The molecule has 324 valence electrons. The van der Waals surface area contributed by atoms with Gasteiger partial charge in [0.15, 0.2) is 17.3 Å². The minimum absolute atomic E-state index is 0.0844. The number of pyridine rings is 1. The van der Waals surface area contributed by atoms with Gasteiger partial charge in [-0.3, -0.25) is 38.6 Å². The highest BCUT2D eigenvalue weighted by atomic mass is 16.5. The Hall–Kier alpha value is -5.96. The maximum absolute atomic E-state index is 13.3. The van der Waals surface area contributed by atoms with E-state index in [0.717, 1.165) is 67.4 Å². The Morgan fingerprint density at radius 1 is 0.869 bits per heavy atom. The third-order valence-corrected chi connectivity index (χ3v) is 12.1. The number of unbranched alkanes of at least 4 members (excludes halogenated alkanes) is 7. The lowest BCUT2D eigenvalue weighted by Gasteiger charge is -2.39. The molecule has 5 heterocycles. The molecule has 15 heteroatoms. The van der Waals surface area contributed by atoms with Crippen LogP contribution in [-0.4, -0.2) is 108 Å². The van der Waals surface area contributed by atoms with Gasteiger partial charge in [-0.25, -0.2) is 0 Å². The van der Waals surface area contributed by atoms with Crippen LogP contribution in [0, 0.1) is 0 Å². The SMILES string of the molecule is COc1ccc(-c2cn(C)c(=O)c3cc(CN4CCN(C(=O)CCCCCCCCCCNc5cccc6c5C(=O)N(C5CC(=O)CNC5=O)C6=O)C[C@H]4C)oc23)cc1OC. The van der Waals surface area contributed by atoms with E-state index in [4.69, 9.17) is 13.9 Å². The van der Waals surface area contributed by atoms with E-state index >= 15 is 0 Å². The fourth-order valence-corrected chi connectivity index (χ4v) is 8.72. The highest BCUT2D eigenvalue weighted by molar-refractivity contribution is 6.25. The van der Waals surface area contributed by atoms with Gasteiger partial charge in [0, 0.05) is 69.6 Å². The molecule has 2 aromatic carbocycles. The minimum Gasteiger partial charge on any atom is -0.493 e. The van der Waals surface area contributed by atoms with E-state index in [1.54, 1.807) is 50.2 Å². The Morgan fingerprint density at radius 3 is 2.34 bits per heavy atom. The van der Waals surface area contributed by atoms with Crippen molar-refractivity contribution >= 4 is 46.1 Å². The second kappa shape index (κ2) is 19.2. The molecule has 2 N–H and O–H groups in total. The van der Waals surface area contributed by atoms with E-state index in [1.807, 2.05) is 29.2 Å². The first-order valence-corrected chi connectivity index (χ1v) is 21.4. The van der Waals surface area contributed by atoms with Gasteiger partial charge in [0.25, 0.3) is 17.4 Å². The van der Waals surface area contributed by atoms with Crippen LogP contribution in [-0.2, 0) is 28.0 Å². The zero-order chi connectivity index (χ0) is 43.2. The van der Waals surface area contributed by atoms with E-state index in [1.165, 1.54) is 0 Å². The summed E-state index contributed by atoms with van der Waals surface area (Å²) in [6.07, 6.45) is 10.3. The quantitative estimate of drug-likeness (QED) is 0.0955. The van der Waals surface area contributed by atoms with Crippen molar-refractivity contribution in [3.8, 4) is 22.6 Å². The molecule has 0 saturated carbocycles. The molecular weight excluding hydrogens is 781 g/mol. The number of Topliss-reactive ketones (excluding diaryl/α,β-unsaturated/α-hetero) is 1. The molecule has 1 unspecified atom stereocenters. The fourth-order valence-electron chi connectivity index (χ4n) is 8.72. The number of piperazine rings is 1. The van der Waals surface area contributed by atoms with Gasteiger partial charge in [0.05, 0.1) is 43.8 Å². The van der Waals surface area contributed by atoms with Crippen molar-refractivity contribution in [3.05, 3.63) is 75.9 Å². The van der Waals surface area contributed by atoms with Gasteiger partial charge in [-0.2, -0.15) is 0 Å². The fraction of sp³-hybridized carbons (Fsp3) is 0.478. The molecular formula is C46H56N6O9. The number of methoxy groups -OCH3 is 2. The Labute approximate surface area is 355 Å². The third kappa shape index (κ3) is 9.36.